The highest BCUT2D eigenvalue weighted by Gasteiger charge is 2.32. The number of aryl methyl sites for hydroxylation is 3. The van der Waals surface area contributed by atoms with Crippen LogP contribution in [0.3, 0.4) is 0 Å². The molecule has 0 bridgehead atoms. The summed E-state index contributed by atoms with van der Waals surface area (Å²) in [5.74, 6) is -1.42. The van der Waals surface area contributed by atoms with E-state index in [0.717, 1.165) is 31.5 Å². The van der Waals surface area contributed by atoms with Gasteiger partial charge in [0.15, 0.2) is 0 Å². The number of benzene rings is 2. The molecule has 1 atom stereocenters. The molecule has 2 heterocycles. The molecule has 0 radical (unpaired) electrons. The third-order valence-electron chi connectivity index (χ3n) is 6.50. The van der Waals surface area contributed by atoms with Crippen molar-refractivity contribution in [2.24, 2.45) is 5.92 Å². The Kier molecular flexibility index (Phi) is 7.71. The fraction of sp³-hybridized carbons (Fsp3) is 0.393. The summed E-state index contributed by atoms with van der Waals surface area (Å²) in [6, 6.07) is 13.0. The average molecular weight is 505 g/mol. The van der Waals surface area contributed by atoms with E-state index in [1.54, 1.807) is 19.1 Å². The molecule has 0 N–H and O–H groups in total. The van der Waals surface area contributed by atoms with Gasteiger partial charge in [0.25, 0.3) is 11.5 Å². The maximum Gasteiger partial charge on any atom is 0.352 e. The van der Waals surface area contributed by atoms with Crippen molar-refractivity contribution in [1.82, 2.24) is 19.2 Å². The van der Waals surface area contributed by atoms with E-state index in [4.69, 9.17) is 4.74 Å². The number of aromatic nitrogens is 3. The van der Waals surface area contributed by atoms with Crippen molar-refractivity contribution < 1.29 is 14.3 Å². The summed E-state index contributed by atoms with van der Waals surface area (Å²) in [4.78, 5) is 54.4. The van der Waals surface area contributed by atoms with Crippen LogP contribution in [-0.4, -0.2) is 50.8 Å². The van der Waals surface area contributed by atoms with Crippen LogP contribution in [0.15, 0.2) is 52.1 Å². The Labute approximate surface area is 215 Å². The second-order valence-electron chi connectivity index (χ2n) is 9.61. The summed E-state index contributed by atoms with van der Waals surface area (Å²) < 4.78 is 7.32. The summed E-state index contributed by atoms with van der Waals surface area (Å²) in [5.41, 5.74) is 2.37. The molecule has 0 saturated carbocycles. The van der Waals surface area contributed by atoms with Crippen molar-refractivity contribution in [3.05, 3.63) is 91.3 Å². The zero-order chi connectivity index (χ0) is 26.7. The molecule has 1 unspecified atom stereocenters. The van der Waals surface area contributed by atoms with Crippen molar-refractivity contribution in [3.8, 4) is 5.69 Å². The number of rotatable bonds is 6. The number of hydrogen-bond donors (Lipinski definition) is 0. The van der Waals surface area contributed by atoms with E-state index in [1.165, 1.54) is 4.90 Å². The van der Waals surface area contributed by atoms with E-state index < -0.39 is 23.1 Å². The van der Waals surface area contributed by atoms with Gasteiger partial charge in [-0.1, -0.05) is 35.9 Å². The number of ether oxygens (including phenoxy) is 1. The predicted octanol–water partition coefficient (Wildman–Crippen LogP) is 2.78. The number of nitrogens with zero attached hydrogens (tertiary/aromatic N) is 4. The van der Waals surface area contributed by atoms with Gasteiger partial charge in [-0.15, -0.1) is 0 Å². The van der Waals surface area contributed by atoms with Crippen LogP contribution in [0.2, 0.25) is 0 Å². The second kappa shape index (κ2) is 10.9. The molecule has 1 saturated heterocycles. The lowest BCUT2D eigenvalue weighted by molar-refractivity contribution is -0.149. The van der Waals surface area contributed by atoms with Gasteiger partial charge in [-0.2, -0.15) is 9.78 Å². The second-order valence-corrected chi connectivity index (χ2v) is 9.61. The molecule has 0 aliphatic carbocycles. The maximum atomic E-state index is 13.6. The lowest BCUT2D eigenvalue weighted by atomic mass is 9.98. The molecule has 4 rings (SSSR count). The minimum Gasteiger partial charge on any atom is -0.466 e. The molecule has 194 valence electrons. The topological polar surface area (TPSA) is 104 Å². The quantitative estimate of drug-likeness (QED) is 0.478. The molecule has 1 aliphatic rings. The van der Waals surface area contributed by atoms with Gasteiger partial charge < -0.3 is 9.64 Å². The van der Waals surface area contributed by atoms with E-state index in [1.807, 2.05) is 51.1 Å². The van der Waals surface area contributed by atoms with Gasteiger partial charge in [-0.05, 0) is 69.4 Å². The minimum atomic E-state index is -0.755. The average Bonchev–Trinajstić information content (AvgIpc) is 2.87. The number of carbonyl (C=O) groups is 2. The van der Waals surface area contributed by atoms with Crippen molar-refractivity contribution in [1.29, 1.82) is 0 Å². The highest BCUT2D eigenvalue weighted by Crippen LogP contribution is 2.19. The molecule has 0 spiro atoms. The lowest BCUT2D eigenvalue weighted by Gasteiger charge is -2.31. The largest absolute Gasteiger partial charge is 0.466 e. The Balaban J connectivity index is 1.81. The first-order valence-corrected chi connectivity index (χ1v) is 12.5. The van der Waals surface area contributed by atoms with E-state index in [0.29, 0.717) is 25.1 Å². The molecule has 37 heavy (non-hydrogen) atoms. The van der Waals surface area contributed by atoms with Crippen molar-refractivity contribution >= 4 is 11.9 Å². The highest BCUT2D eigenvalue weighted by molar-refractivity contribution is 5.92. The van der Waals surface area contributed by atoms with E-state index >= 15 is 0 Å². The first kappa shape index (κ1) is 26.1. The molecule has 2 aromatic carbocycles. The fourth-order valence-corrected chi connectivity index (χ4v) is 4.67. The van der Waals surface area contributed by atoms with Gasteiger partial charge in [-0.25, -0.2) is 4.79 Å². The number of hydrogen-bond acceptors (Lipinski definition) is 6. The number of esters is 1. The first-order valence-electron chi connectivity index (χ1n) is 12.5. The van der Waals surface area contributed by atoms with E-state index in [2.05, 4.69) is 5.10 Å². The minimum absolute atomic E-state index is 0.00298. The zero-order valence-electron chi connectivity index (χ0n) is 21.7. The van der Waals surface area contributed by atoms with E-state index in [9.17, 15) is 19.2 Å². The van der Waals surface area contributed by atoms with Gasteiger partial charge in [0.1, 0.15) is 0 Å². The van der Waals surface area contributed by atoms with Crippen LogP contribution in [-0.2, 0) is 16.1 Å². The number of carbonyl (C=O) groups excluding carboxylic acids is 2. The van der Waals surface area contributed by atoms with Crippen LogP contribution < -0.4 is 11.2 Å². The lowest BCUT2D eigenvalue weighted by Crippen LogP contribution is -2.49. The number of likely N-dealkylation sites (tertiary alicyclic amines) is 1. The fourth-order valence-electron chi connectivity index (χ4n) is 4.67. The number of piperidine rings is 1. The molecule has 1 aromatic heterocycles. The van der Waals surface area contributed by atoms with Gasteiger partial charge in [0.2, 0.25) is 5.69 Å². The first-order chi connectivity index (χ1) is 17.7. The van der Waals surface area contributed by atoms with Crippen molar-refractivity contribution in [2.45, 2.75) is 47.1 Å². The summed E-state index contributed by atoms with van der Waals surface area (Å²) in [6.45, 7) is 8.27. The van der Waals surface area contributed by atoms with Gasteiger partial charge in [-0.3, -0.25) is 19.0 Å². The summed E-state index contributed by atoms with van der Waals surface area (Å²) >= 11 is 0. The molecule has 1 fully saturated rings. The molecular formula is C28H32N4O5. The normalized spacial score (nSPS) is 15.5. The summed E-state index contributed by atoms with van der Waals surface area (Å²) in [7, 11) is 0. The van der Waals surface area contributed by atoms with Gasteiger partial charge >= 0.3 is 11.7 Å². The monoisotopic (exact) mass is 504 g/mol. The van der Waals surface area contributed by atoms with Crippen LogP contribution >= 0.6 is 0 Å². The Morgan fingerprint density at radius 1 is 1.00 bits per heavy atom. The smallest absolute Gasteiger partial charge is 0.352 e. The van der Waals surface area contributed by atoms with Crippen LogP contribution in [0.25, 0.3) is 5.69 Å². The van der Waals surface area contributed by atoms with Crippen LogP contribution in [0.1, 0.15) is 52.5 Å². The molecule has 1 aliphatic heterocycles. The maximum absolute atomic E-state index is 13.6. The number of amides is 1. The molecule has 1 amide bonds. The molecule has 9 nitrogen and oxygen atoms in total. The SMILES string of the molecule is CCOC(=O)C1CCCN(C(=O)c2nn(-c3cc(C)cc(C)c3)c(=O)n(Cc3ccc(C)cc3)c2=O)C1. The van der Waals surface area contributed by atoms with Crippen molar-refractivity contribution in [2.75, 3.05) is 19.7 Å². The third-order valence-corrected chi connectivity index (χ3v) is 6.50. The highest BCUT2D eigenvalue weighted by atomic mass is 16.5. The van der Waals surface area contributed by atoms with Crippen molar-refractivity contribution in [3.63, 3.8) is 0 Å². The Morgan fingerprint density at radius 2 is 1.68 bits per heavy atom. The zero-order valence-corrected chi connectivity index (χ0v) is 21.7. The van der Waals surface area contributed by atoms with Crippen LogP contribution in [0.4, 0.5) is 0 Å². The summed E-state index contributed by atoms with van der Waals surface area (Å²) in [6.07, 6.45) is 1.21. The predicted molar refractivity (Wildman–Crippen MR) is 139 cm³/mol. The Bertz CT molecular complexity index is 1420. The summed E-state index contributed by atoms with van der Waals surface area (Å²) in [5, 5.41) is 4.29. The standard InChI is InChI=1S/C28H32N4O5/c1-5-37-27(35)22-7-6-12-30(17-22)25(33)24-26(34)31(16-21-10-8-18(2)9-11-21)28(36)32(29-24)23-14-19(3)13-20(4)15-23/h8-11,13-15,22H,5-7,12,16-17H2,1-4H3. The van der Waals surface area contributed by atoms with Crippen LogP contribution in [0.5, 0.6) is 0 Å². The van der Waals surface area contributed by atoms with Gasteiger partial charge in [0, 0.05) is 13.1 Å². The molecule has 9 heteroatoms. The van der Waals surface area contributed by atoms with Gasteiger partial charge in [0.05, 0.1) is 24.8 Å². The molecule has 3 aromatic rings. The molecular weight excluding hydrogens is 472 g/mol. The van der Waals surface area contributed by atoms with Crippen LogP contribution in [0, 0.1) is 26.7 Å². The third kappa shape index (κ3) is 5.71. The Morgan fingerprint density at radius 3 is 2.32 bits per heavy atom. The Hall–Kier alpha value is -4.01. The van der Waals surface area contributed by atoms with E-state index in [-0.39, 0.29) is 31.4 Å².